The van der Waals surface area contributed by atoms with Crippen LogP contribution in [0.3, 0.4) is 0 Å². The molecule has 0 amide bonds. The van der Waals surface area contributed by atoms with E-state index in [0.717, 1.165) is 38.5 Å². The van der Waals surface area contributed by atoms with E-state index in [1.807, 2.05) is 0 Å². The van der Waals surface area contributed by atoms with E-state index >= 15 is 0 Å². The van der Waals surface area contributed by atoms with E-state index in [1.165, 1.54) is 14.2 Å². The van der Waals surface area contributed by atoms with Crippen LogP contribution in [0.2, 0.25) is 0 Å². The largest absolute Gasteiger partial charge is 0.468 e. The van der Waals surface area contributed by atoms with Gasteiger partial charge in [0.1, 0.15) is 11.6 Å². The Kier molecular flexibility index (Phi) is 7.25. The molecule has 0 heterocycles. The van der Waals surface area contributed by atoms with Crippen LogP contribution in [0.5, 0.6) is 0 Å². The zero-order valence-electron chi connectivity index (χ0n) is 22.4. The van der Waals surface area contributed by atoms with Gasteiger partial charge in [0, 0.05) is 24.7 Å². The quantitative estimate of drug-likeness (QED) is 0.385. The summed E-state index contributed by atoms with van der Waals surface area (Å²) in [5, 5.41) is 0. The van der Waals surface area contributed by atoms with E-state index in [9.17, 15) is 19.2 Å². The van der Waals surface area contributed by atoms with Crippen molar-refractivity contribution in [2.24, 2.45) is 58.2 Å². The van der Waals surface area contributed by atoms with Crippen molar-refractivity contribution in [3.8, 4) is 0 Å². The molecule has 4 unspecified atom stereocenters. The third kappa shape index (κ3) is 4.07. The van der Waals surface area contributed by atoms with Gasteiger partial charge in [-0.1, -0.05) is 27.7 Å². The van der Waals surface area contributed by atoms with Gasteiger partial charge in [-0.05, 0) is 85.4 Å². The second kappa shape index (κ2) is 9.63. The molecular formula is C29H44O6. The third-order valence-electron chi connectivity index (χ3n) is 11.3. The fourth-order valence-corrected chi connectivity index (χ4v) is 9.53. The summed E-state index contributed by atoms with van der Waals surface area (Å²) in [5.74, 6) is 0.216. The second-order valence-electron chi connectivity index (χ2n) is 12.6. The number of ketones is 2. The third-order valence-corrected chi connectivity index (χ3v) is 11.3. The van der Waals surface area contributed by atoms with Crippen molar-refractivity contribution in [2.75, 3.05) is 14.2 Å². The number of ether oxygens (including phenoxy) is 2. The lowest BCUT2D eigenvalue weighted by molar-refractivity contribution is -0.170. The Morgan fingerprint density at radius 2 is 1.57 bits per heavy atom. The molecule has 4 rings (SSSR count). The summed E-state index contributed by atoms with van der Waals surface area (Å²) >= 11 is 0. The summed E-state index contributed by atoms with van der Waals surface area (Å²) in [4.78, 5) is 51.1. The van der Waals surface area contributed by atoms with Crippen molar-refractivity contribution < 1.29 is 28.7 Å². The maximum absolute atomic E-state index is 14.1. The van der Waals surface area contributed by atoms with Crippen LogP contribution < -0.4 is 0 Å². The van der Waals surface area contributed by atoms with Gasteiger partial charge >= 0.3 is 11.9 Å². The molecule has 9 atom stereocenters. The average molecular weight is 489 g/mol. The van der Waals surface area contributed by atoms with E-state index in [4.69, 9.17) is 9.47 Å². The number of rotatable bonds is 6. The zero-order chi connectivity index (χ0) is 25.7. The molecule has 0 aliphatic heterocycles. The second-order valence-corrected chi connectivity index (χ2v) is 12.6. The first-order valence-electron chi connectivity index (χ1n) is 13.7. The molecule has 4 aliphatic carbocycles. The minimum atomic E-state index is -0.904. The molecule has 0 N–H and O–H groups in total. The Hall–Kier alpha value is -1.72. The Morgan fingerprint density at radius 1 is 0.943 bits per heavy atom. The Labute approximate surface area is 210 Å². The lowest BCUT2D eigenvalue weighted by Crippen LogP contribution is -2.60. The predicted molar refractivity (Wildman–Crippen MR) is 131 cm³/mol. The molecular weight excluding hydrogens is 444 g/mol. The summed E-state index contributed by atoms with van der Waals surface area (Å²) in [7, 11) is 2.62. The highest BCUT2D eigenvalue weighted by atomic mass is 16.5. The number of fused-ring (bicyclic) bond motifs is 5. The van der Waals surface area contributed by atoms with Crippen LogP contribution >= 0.6 is 0 Å². The van der Waals surface area contributed by atoms with Crippen LogP contribution in [-0.2, 0) is 28.7 Å². The lowest BCUT2D eigenvalue weighted by Gasteiger charge is -2.61. The Bertz CT molecular complexity index is 864. The highest BCUT2D eigenvalue weighted by Gasteiger charge is 2.65. The molecule has 0 aromatic heterocycles. The molecule has 196 valence electrons. The highest BCUT2D eigenvalue weighted by Crippen LogP contribution is 2.68. The van der Waals surface area contributed by atoms with Gasteiger partial charge in [0.05, 0.1) is 14.2 Å². The van der Waals surface area contributed by atoms with E-state index in [2.05, 4.69) is 27.7 Å². The van der Waals surface area contributed by atoms with Crippen LogP contribution in [0.1, 0.15) is 85.5 Å². The molecule has 6 heteroatoms. The summed E-state index contributed by atoms with van der Waals surface area (Å²) in [6.45, 7) is 9.00. The molecule has 6 nitrogen and oxygen atoms in total. The van der Waals surface area contributed by atoms with Crippen LogP contribution in [0, 0.1) is 58.2 Å². The van der Waals surface area contributed by atoms with Crippen molar-refractivity contribution in [1.29, 1.82) is 0 Å². The molecule has 0 aromatic rings. The van der Waals surface area contributed by atoms with E-state index in [0.29, 0.717) is 48.6 Å². The van der Waals surface area contributed by atoms with Crippen molar-refractivity contribution >= 4 is 23.5 Å². The van der Waals surface area contributed by atoms with Gasteiger partial charge in [-0.15, -0.1) is 0 Å². The number of hydrogen-bond donors (Lipinski definition) is 0. The molecule has 4 fully saturated rings. The van der Waals surface area contributed by atoms with Gasteiger partial charge in [-0.3, -0.25) is 19.2 Å². The first-order chi connectivity index (χ1) is 16.5. The predicted octanol–water partition coefficient (Wildman–Crippen LogP) is 5.02. The van der Waals surface area contributed by atoms with Crippen LogP contribution in [-0.4, -0.2) is 37.7 Å². The van der Waals surface area contributed by atoms with Gasteiger partial charge in [-0.2, -0.15) is 0 Å². The normalized spacial score (nSPS) is 41.6. The number of carbonyl (C=O) groups is 4. The maximum Gasteiger partial charge on any atom is 0.320 e. The highest BCUT2D eigenvalue weighted by molar-refractivity contribution is 5.94. The molecule has 35 heavy (non-hydrogen) atoms. The number of carbonyl (C=O) groups excluding carboxylic acids is 4. The summed E-state index contributed by atoms with van der Waals surface area (Å²) < 4.78 is 9.80. The van der Waals surface area contributed by atoms with Gasteiger partial charge in [0.25, 0.3) is 0 Å². The van der Waals surface area contributed by atoms with Crippen LogP contribution in [0.25, 0.3) is 0 Å². The maximum atomic E-state index is 14.1. The van der Waals surface area contributed by atoms with Gasteiger partial charge in [0.2, 0.25) is 0 Å². The van der Waals surface area contributed by atoms with Crippen molar-refractivity contribution in [3.63, 3.8) is 0 Å². The fraction of sp³-hybridized carbons (Fsp3) is 0.862. The zero-order valence-corrected chi connectivity index (χ0v) is 22.4. The molecule has 0 spiro atoms. The number of esters is 2. The lowest BCUT2D eigenvalue weighted by atomic mass is 9.42. The molecule has 0 saturated heterocycles. The molecule has 0 radical (unpaired) electrons. The summed E-state index contributed by atoms with van der Waals surface area (Å²) in [5.41, 5.74) is 0.0814. The molecule has 4 saturated carbocycles. The number of hydrogen-bond acceptors (Lipinski definition) is 6. The molecule has 0 aromatic carbocycles. The summed E-state index contributed by atoms with van der Waals surface area (Å²) in [6, 6.07) is 0. The number of Topliss-reactive ketones (excluding diaryl/α,β-unsaturated/α-hetero) is 2. The minimum Gasteiger partial charge on any atom is -0.468 e. The van der Waals surface area contributed by atoms with Crippen LogP contribution in [0.15, 0.2) is 0 Å². The Morgan fingerprint density at radius 3 is 2.17 bits per heavy atom. The fourth-order valence-electron chi connectivity index (χ4n) is 9.53. The first kappa shape index (κ1) is 26.3. The van der Waals surface area contributed by atoms with Gasteiger partial charge in [0.15, 0.2) is 5.92 Å². The molecule has 0 bridgehead atoms. The van der Waals surface area contributed by atoms with Gasteiger partial charge in [-0.25, -0.2) is 0 Å². The van der Waals surface area contributed by atoms with Gasteiger partial charge < -0.3 is 9.47 Å². The standard InChI is InChI=1S/C29H44O6/c1-7-18-23-15-17(30)10-12-29(23,4)22-11-13-28(3)20(8-9-21(28)24(22)25(18)31)16(2)14-19(26(32)34-5)27(33)35-6/h16,18-24H,7-15H2,1-6H3/t16-,18+,20?,21?,22?,23+,24?,28-,29-/m1/s1. The van der Waals surface area contributed by atoms with Crippen molar-refractivity contribution in [3.05, 3.63) is 0 Å². The smallest absolute Gasteiger partial charge is 0.320 e. The van der Waals surface area contributed by atoms with Crippen LogP contribution in [0.4, 0.5) is 0 Å². The summed E-state index contributed by atoms with van der Waals surface area (Å²) in [6.07, 6.45) is 7.52. The monoisotopic (exact) mass is 488 g/mol. The van der Waals surface area contributed by atoms with Crippen molar-refractivity contribution in [2.45, 2.75) is 85.5 Å². The van der Waals surface area contributed by atoms with Crippen molar-refractivity contribution in [1.82, 2.24) is 0 Å². The van der Waals surface area contributed by atoms with E-state index in [1.54, 1.807) is 0 Å². The topological polar surface area (TPSA) is 86.7 Å². The SMILES string of the molecule is CC[C@@H]1C(=O)C2C3CCC([C@H](C)CC(C(=O)OC)C(=O)OC)[C@@]3(C)CCC2[C@@]2(C)CCC(=O)C[C@@H]12. The average Bonchev–Trinajstić information content (AvgIpc) is 3.20. The van der Waals surface area contributed by atoms with E-state index in [-0.39, 0.29) is 34.5 Å². The van der Waals surface area contributed by atoms with E-state index < -0.39 is 17.9 Å². The molecule has 4 aliphatic rings. The first-order valence-corrected chi connectivity index (χ1v) is 13.7. The minimum absolute atomic E-state index is 0.00708. The number of methoxy groups -OCH3 is 2. The Balaban J connectivity index is 1.60.